The van der Waals surface area contributed by atoms with Gasteiger partial charge in [0.15, 0.2) is 0 Å². The van der Waals surface area contributed by atoms with E-state index in [1.54, 1.807) is 0 Å². The molecule has 0 spiro atoms. The van der Waals surface area contributed by atoms with Crippen LogP contribution in [0.25, 0.3) is 0 Å². The Bertz CT molecular complexity index is 210. The zero-order chi connectivity index (χ0) is 9.97. The van der Waals surface area contributed by atoms with E-state index < -0.39 is 0 Å². The van der Waals surface area contributed by atoms with Gasteiger partial charge in [-0.3, -0.25) is 4.79 Å². The van der Waals surface area contributed by atoms with Crippen molar-refractivity contribution in [1.29, 1.82) is 0 Å². The molecule has 0 saturated heterocycles. The van der Waals surface area contributed by atoms with Gasteiger partial charge in [-0.15, -0.1) is 0 Å². The average Bonchev–Trinajstić information content (AvgIpc) is 2.05. The first-order valence-electron chi connectivity index (χ1n) is 6.08. The van der Waals surface area contributed by atoms with Crippen LogP contribution in [-0.2, 0) is 4.79 Å². The first-order chi connectivity index (χ1) is 6.77. The highest BCUT2D eigenvalue weighted by Crippen LogP contribution is 2.28. The van der Waals surface area contributed by atoms with Crippen LogP contribution in [0.5, 0.6) is 0 Å². The van der Waals surface area contributed by atoms with Crippen molar-refractivity contribution in [2.45, 2.75) is 57.9 Å². The van der Waals surface area contributed by atoms with Gasteiger partial charge in [-0.1, -0.05) is 26.2 Å². The molecule has 0 aromatic carbocycles. The monoisotopic (exact) mass is 195 g/mol. The van der Waals surface area contributed by atoms with Gasteiger partial charge in [0.05, 0.1) is 0 Å². The third kappa shape index (κ3) is 2.10. The molecular weight excluding hydrogens is 174 g/mol. The molecule has 0 unspecified atom stereocenters. The molecule has 14 heavy (non-hydrogen) atoms. The van der Waals surface area contributed by atoms with Gasteiger partial charge in [0, 0.05) is 12.0 Å². The van der Waals surface area contributed by atoms with Gasteiger partial charge < -0.3 is 5.32 Å². The quantitative estimate of drug-likeness (QED) is 0.720. The van der Waals surface area contributed by atoms with Gasteiger partial charge in [0.25, 0.3) is 0 Å². The second-order valence-electron chi connectivity index (χ2n) is 5.00. The van der Waals surface area contributed by atoms with E-state index in [0.29, 0.717) is 23.8 Å². The lowest BCUT2D eigenvalue weighted by molar-refractivity contribution is -0.128. The van der Waals surface area contributed by atoms with Crippen LogP contribution in [0.2, 0.25) is 0 Å². The van der Waals surface area contributed by atoms with Crippen molar-refractivity contribution in [3.63, 3.8) is 0 Å². The fraction of sp³-hybridized carbons (Fsp3) is 0.917. The summed E-state index contributed by atoms with van der Waals surface area (Å²) in [4.78, 5) is 11.7. The van der Waals surface area contributed by atoms with Crippen LogP contribution in [0.4, 0.5) is 0 Å². The van der Waals surface area contributed by atoms with Crippen LogP contribution in [0.1, 0.15) is 51.9 Å². The zero-order valence-corrected chi connectivity index (χ0v) is 9.09. The maximum absolute atomic E-state index is 11.7. The third-order valence-electron chi connectivity index (χ3n) is 3.92. The van der Waals surface area contributed by atoms with Gasteiger partial charge in [0.2, 0.25) is 5.91 Å². The van der Waals surface area contributed by atoms with Crippen LogP contribution in [-0.4, -0.2) is 11.9 Å². The molecule has 1 amide bonds. The summed E-state index contributed by atoms with van der Waals surface area (Å²) in [7, 11) is 0. The highest BCUT2D eigenvalue weighted by molar-refractivity contribution is 5.79. The lowest BCUT2D eigenvalue weighted by atomic mass is 9.82. The largest absolute Gasteiger partial charge is 0.353 e. The minimum atomic E-state index is 0.329. The fourth-order valence-corrected chi connectivity index (χ4v) is 2.50. The molecular formula is C12H21NO. The van der Waals surface area contributed by atoms with Gasteiger partial charge in [0.1, 0.15) is 0 Å². The fourth-order valence-electron chi connectivity index (χ4n) is 2.50. The Morgan fingerprint density at radius 2 is 1.79 bits per heavy atom. The Hall–Kier alpha value is -0.530. The van der Waals surface area contributed by atoms with E-state index in [-0.39, 0.29) is 0 Å². The van der Waals surface area contributed by atoms with Gasteiger partial charge in [-0.05, 0) is 31.6 Å². The first kappa shape index (κ1) is 10.0. The van der Waals surface area contributed by atoms with Gasteiger partial charge in [-0.25, -0.2) is 0 Å². The summed E-state index contributed by atoms with van der Waals surface area (Å²) in [5.41, 5.74) is 0. The Kier molecular flexibility index (Phi) is 3.09. The number of hydrogen-bond donors (Lipinski definition) is 1. The average molecular weight is 195 g/mol. The number of carbonyl (C=O) groups is 1. The molecule has 0 aliphatic heterocycles. The van der Waals surface area contributed by atoms with Crippen molar-refractivity contribution < 1.29 is 4.79 Å². The second-order valence-corrected chi connectivity index (χ2v) is 5.00. The van der Waals surface area contributed by atoms with E-state index in [2.05, 4.69) is 12.2 Å². The predicted molar refractivity (Wildman–Crippen MR) is 56.9 cm³/mol. The smallest absolute Gasteiger partial charge is 0.223 e. The Morgan fingerprint density at radius 1 is 1.07 bits per heavy atom. The molecule has 0 radical (unpaired) electrons. The molecule has 2 atom stereocenters. The molecule has 2 heteroatoms. The van der Waals surface area contributed by atoms with Crippen LogP contribution >= 0.6 is 0 Å². The number of carbonyl (C=O) groups excluding carboxylic acids is 1. The molecule has 2 aliphatic rings. The SMILES string of the molecule is C[C@@H]1CCCC[C@H]1NC(=O)C1CCC1. The minimum Gasteiger partial charge on any atom is -0.353 e. The van der Waals surface area contributed by atoms with Crippen molar-refractivity contribution in [2.75, 3.05) is 0 Å². The topological polar surface area (TPSA) is 29.1 Å². The number of nitrogens with one attached hydrogen (secondary N) is 1. The van der Waals surface area contributed by atoms with E-state index >= 15 is 0 Å². The molecule has 1 N–H and O–H groups in total. The second kappa shape index (κ2) is 4.33. The molecule has 2 saturated carbocycles. The lowest BCUT2D eigenvalue weighted by Crippen LogP contribution is -2.45. The minimum absolute atomic E-state index is 0.329. The van der Waals surface area contributed by atoms with Crippen molar-refractivity contribution in [1.82, 2.24) is 5.32 Å². The van der Waals surface area contributed by atoms with Crippen LogP contribution in [0.3, 0.4) is 0 Å². The number of rotatable bonds is 2. The van der Waals surface area contributed by atoms with E-state index in [4.69, 9.17) is 0 Å². The summed E-state index contributed by atoms with van der Waals surface area (Å²) in [5, 5.41) is 3.23. The van der Waals surface area contributed by atoms with Crippen molar-refractivity contribution >= 4 is 5.91 Å². The van der Waals surface area contributed by atoms with Crippen molar-refractivity contribution in [2.24, 2.45) is 11.8 Å². The van der Waals surface area contributed by atoms with Crippen LogP contribution in [0, 0.1) is 11.8 Å². The standard InChI is InChI=1S/C12H21NO/c1-9-5-2-3-8-11(9)13-12(14)10-6-4-7-10/h9-11H,2-8H2,1H3,(H,13,14)/t9-,11-/m1/s1. The Morgan fingerprint density at radius 3 is 2.36 bits per heavy atom. The van der Waals surface area contributed by atoms with Gasteiger partial charge in [-0.2, -0.15) is 0 Å². The maximum Gasteiger partial charge on any atom is 0.223 e. The van der Waals surface area contributed by atoms with E-state index in [1.807, 2.05) is 0 Å². The summed E-state index contributed by atoms with van der Waals surface area (Å²) in [5.74, 6) is 1.37. The molecule has 2 fully saturated rings. The van der Waals surface area contributed by atoms with Crippen LogP contribution in [0.15, 0.2) is 0 Å². The normalized spacial score (nSPS) is 33.5. The third-order valence-corrected chi connectivity index (χ3v) is 3.92. The highest BCUT2D eigenvalue weighted by atomic mass is 16.2. The molecule has 80 valence electrons. The zero-order valence-electron chi connectivity index (χ0n) is 9.09. The Labute approximate surface area is 86.5 Å². The molecule has 0 aromatic heterocycles. The predicted octanol–water partition coefficient (Wildman–Crippen LogP) is 2.48. The Balaban J connectivity index is 1.79. The lowest BCUT2D eigenvalue weighted by Gasteiger charge is -2.32. The summed E-state index contributed by atoms with van der Waals surface area (Å²) in [6.07, 6.45) is 8.60. The van der Waals surface area contributed by atoms with E-state index in [1.165, 1.54) is 32.1 Å². The first-order valence-corrected chi connectivity index (χ1v) is 6.08. The van der Waals surface area contributed by atoms with Crippen molar-refractivity contribution in [3.05, 3.63) is 0 Å². The van der Waals surface area contributed by atoms with Gasteiger partial charge >= 0.3 is 0 Å². The molecule has 0 bridgehead atoms. The summed E-state index contributed by atoms with van der Waals surface area (Å²) >= 11 is 0. The maximum atomic E-state index is 11.7. The summed E-state index contributed by atoms with van der Waals surface area (Å²) in [6, 6.07) is 0.469. The molecule has 2 aliphatic carbocycles. The molecule has 2 rings (SSSR count). The molecule has 0 aromatic rings. The highest BCUT2D eigenvalue weighted by Gasteiger charge is 2.29. The molecule has 0 heterocycles. The van der Waals surface area contributed by atoms with Crippen LogP contribution < -0.4 is 5.32 Å². The summed E-state index contributed by atoms with van der Waals surface area (Å²) in [6.45, 7) is 2.27. The number of amides is 1. The summed E-state index contributed by atoms with van der Waals surface area (Å²) < 4.78 is 0. The van der Waals surface area contributed by atoms with Crippen molar-refractivity contribution in [3.8, 4) is 0 Å². The number of hydrogen-bond acceptors (Lipinski definition) is 1. The van der Waals surface area contributed by atoms with E-state index in [0.717, 1.165) is 12.8 Å². The molecule has 2 nitrogen and oxygen atoms in total. The van der Waals surface area contributed by atoms with E-state index in [9.17, 15) is 4.79 Å².